The van der Waals surface area contributed by atoms with Gasteiger partial charge in [-0.15, -0.1) is 0 Å². The average molecular weight is 501 g/mol. The number of likely N-dealkylation sites (tertiary alicyclic amines) is 1. The Bertz CT molecular complexity index is 1140. The summed E-state index contributed by atoms with van der Waals surface area (Å²) in [4.78, 5) is 2.41. The van der Waals surface area contributed by atoms with E-state index in [9.17, 15) is 13.5 Å². The van der Waals surface area contributed by atoms with Crippen LogP contribution in [0.25, 0.3) is 0 Å². The molecule has 2 aromatic rings. The molecule has 5 rings (SSSR count). The molecule has 2 bridgehead atoms. The Hall–Kier alpha value is -1.81. The van der Waals surface area contributed by atoms with Crippen molar-refractivity contribution in [3.05, 3.63) is 70.8 Å². The number of primary sulfonamides is 1. The molecule has 0 amide bonds. The van der Waals surface area contributed by atoms with Crippen LogP contribution in [0.2, 0.25) is 0 Å². The highest BCUT2D eigenvalue weighted by molar-refractivity contribution is 7.89. The first-order valence-corrected chi connectivity index (χ1v) is 14.0. The molecule has 3 aliphatic rings. The molecule has 3 atom stereocenters. The summed E-state index contributed by atoms with van der Waals surface area (Å²) in [5.74, 6) is 0.508. The Kier molecular flexibility index (Phi) is 6.57. The molecule has 0 spiro atoms. The predicted octanol–water partition coefficient (Wildman–Crippen LogP) is 2.38. The third-order valence-corrected chi connectivity index (χ3v) is 9.67. The van der Waals surface area contributed by atoms with Crippen molar-refractivity contribution in [2.75, 3.05) is 40.5 Å². The minimum absolute atomic E-state index is 0.00384. The molecule has 1 saturated heterocycles. The predicted molar refractivity (Wildman–Crippen MR) is 134 cm³/mol. The van der Waals surface area contributed by atoms with Gasteiger partial charge in [-0.3, -0.25) is 4.90 Å². The minimum Gasteiger partial charge on any atom is -0.388 e. The van der Waals surface area contributed by atoms with E-state index in [1.807, 2.05) is 30.3 Å². The Morgan fingerprint density at radius 1 is 1.06 bits per heavy atom. The van der Waals surface area contributed by atoms with Crippen LogP contribution in [0.3, 0.4) is 0 Å². The summed E-state index contributed by atoms with van der Waals surface area (Å²) in [5.41, 5.74) is 2.91. The van der Waals surface area contributed by atoms with Crippen molar-refractivity contribution >= 4 is 10.0 Å². The summed E-state index contributed by atoms with van der Waals surface area (Å²) < 4.78 is 36.0. The Labute approximate surface area is 208 Å². The summed E-state index contributed by atoms with van der Waals surface area (Å²) in [5, 5.41) is 16.0. The second kappa shape index (κ2) is 9.25. The molecule has 1 saturated carbocycles. The molecule has 3 N–H and O–H groups in total. The number of β-amino-alcohol motifs (C(OH)–C–C–N with tert-alkyl or cyclic N) is 1. The van der Waals surface area contributed by atoms with Crippen LogP contribution in [0.15, 0.2) is 48.5 Å². The molecule has 1 aliphatic heterocycles. The summed E-state index contributed by atoms with van der Waals surface area (Å²) in [7, 11) is -0.577. The molecule has 2 aromatic carbocycles. The van der Waals surface area contributed by atoms with E-state index in [-0.39, 0.29) is 18.4 Å². The highest BCUT2D eigenvalue weighted by atomic mass is 32.2. The highest BCUT2D eigenvalue weighted by Gasteiger charge is 2.56. The second-order valence-electron chi connectivity index (χ2n) is 10.7. The van der Waals surface area contributed by atoms with E-state index < -0.39 is 26.5 Å². The smallest absolute Gasteiger partial charge is 0.218 e. The fourth-order valence-electron chi connectivity index (χ4n) is 7.08. The fraction of sp³-hybridized carbons (Fsp3) is 0.556. The number of nitrogens with zero attached hydrogens (tertiary/aromatic N) is 1. The van der Waals surface area contributed by atoms with Crippen molar-refractivity contribution < 1.29 is 23.0 Å². The Morgan fingerprint density at radius 2 is 1.69 bits per heavy atom. The first-order chi connectivity index (χ1) is 16.7. The molecule has 190 valence electrons. The van der Waals surface area contributed by atoms with Crippen molar-refractivity contribution in [2.45, 2.75) is 42.1 Å². The van der Waals surface area contributed by atoms with E-state index in [0.717, 1.165) is 31.5 Å². The Morgan fingerprint density at radius 3 is 2.23 bits per heavy atom. The van der Waals surface area contributed by atoms with E-state index >= 15 is 0 Å². The minimum atomic E-state index is -3.82. The summed E-state index contributed by atoms with van der Waals surface area (Å²) in [6.45, 7) is 2.33. The number of methoxy groups -OCH3 is 2. The molecule has 3 unspecified atom stereocenters. The van der Waals surface area contributed by atoms with Crippen LogP contribution < -0.4 is 5.14 Å². The number of fused-ring (bicyclic) bond motifs is 3. The largest absolute Gasteiger partial charge is 0.388 e. The van der Waals surface area contributed by atoms with E-state index in [2.05, 4.69) is 17.0 Å². The quantitative estimate of drug-likeness (QED) is 0.577. The second-order valence-corrected chi connectivity index (χ2v) is 12.4. The lowest BCUT2D eigenvalue weighted by Crippen LogP contribution is -2.56. The lowest BCUT2D eigenvalue weighted by Gasteiger charge is -2.48. The molecule has 7 nitrogen and oxygen atoms in total. The standard InChI is InChI=1S/C27H36N2O5S/c1-33-17-25(35(28,31)32)19-8-5-9-22(12-19)27(34-2)23-10-11-24(27)16-29(15-23)18-26(30)13-20-6-3-4-7-21(20)14-26/h3-9,12,23-25,30H,10-11,13-18H2,1-2H3,(H2,28,31,32). The van der Waals surface area contributed by atoms with Gasteiger partial charge in [0.05, 0.1) is 12.2 Å². The number of hydrogen-bond acceptors (Lipinski definition) is 6. The number of hydrogen-bond donors (Lipinski definition) is 2. The molecular weight excluding hydrogens is 464 g/mol. The van der Waals surface area contributed by atoms with Gasteiger partial charge in [0.2, 0.25) is 10.0 Å². The van der Waals surface area contributed by atoms with Crippen LogP contribution in [-0.2, 0) is 37.9 Å². The maximum absolute atomic E-state index is 12.3. The molecule has 8 heteroatoms. The van der Waals surface area contributed by atoms with Gasteiger partial charge in [-0.2, -0.15) is 0 Å². The van der Waals surface area contributed by atoms with Gasteiger partial charge >= 0.3 is 0 Å². The first-order valence-electron chi connectivity index (χ1n) is 12.4. The van der Waals surface area contributed by atoms with Crippen LogP contribution in [0.1, 0.15) is 40.3 Å². The fourth-order valence-corrected chi connectivity index (χ4v) is 7.94. The normalized spacial score (nSPS) is 28.7. The highest BCUT2D eigenvalue weighted by Crippen LogP contribution is 2.54. The number of ether oxygens (including phenoxy) is 2. The van der Waals surface area contributed by atoms with Gasteiger partial charge in [-0.05, 0) is 35.1 Å². The van der Waals surface area contributed by atoms with E-state index in [0.29, 0.717) is 24.9 Å². The average Bonchev–Trinajstić information content (AvgIpc) is 3.25. The van der Waals surface area contributed by atoms with E-state index in [4.69, 9.17) is 14.6 Å². The summed E-state index contributed by atoms with van der Waals surface area (Å²) in [6, 6.07) is 16.0. The van der Waals surface area contributed by atoms with Crippen LogP contribution in [0, 0.1) is 11.8 Å². The van der Waals surface area contributed by atoms with Crippen molar-refractivity contribution in [1.29, 1.82) is 0 Å². The molecule has 2 fully saturated rings. The van der Waals surface area contributed by atoms with Crippen molar-refractivity contribution in [2.24, 2.45) is 17.0 Å². The van der Waals surface area contributed by atoms with E-state index in [1.54, 1.807) is 13.2 Å². The summed E-state index contributed by atoms with van der Waals surface area (Å²) in [6.07, 6.45) is 3.46. The van der Waals surface area contributed by atoms with Crippen LogP contribution in [-0.4, -0.2) is 64.5 Å². The molecule has 35 heavy (non-hydrogen) atoms. The summed E-state index contributed by atoms with van der Waals surface area (Å²) >= 11 is 0. The number of nitrogens with two attached hydrogens (primary N) is 1. The number of rotatable bonds is 8. The lowest BCUT2D eigenvalue weighted by atomic mass is 9.74. The van der Waals surface area contributed by atoms with Gasteiger partial charge < -0.3 is 14.6 Å². The zero-order chi connectivity index (χ0) is 24.8. The van der Waals surface area contributed by atoms with Gasteiger partial charge in [0, 0.05) is 58.5 Å². The first kappa shape index (κ1) is 24.9. The topological polar surface area (TPSA) is 102 Å². The number of sulfonamides is 1. The van der Waals surface area contributed by atoms with Gasteiger partial charge in [0.25, 0.3) is 0 Å². The van der Waals surface area contributed by atoms with E-state index in [1.165, 1.54) is 18.2 Å². The van der Waals surface area contributed by atoms with Crippen LogP contribution in [0.5, 0.6) is 0 Å². The third kappa shape index (κ3) is 4.45. The van der Waals surface area contributed by atoms with Crippen LogP contribution >= 0.6 is 0 Å². The van der Waals surface area contributed by atoms with Gasteiger partial charge in [-0.25, -0.2) is 13.6 Å². The zero-order valence-corrected chi connectivity index (χ0v) is 21.3. The van der Waals surface area contributed by atoms with Gasteiger partial charge in [0.15, 0.2) is 0 Å². The lowest BCUT2D eigenvalue weighted by molar-refractivity contribution is -0.128. The van der Waals surface area contributed by atoms with Crippen molar-refractivity contribution in [3.63, 3.8) is 0 Å². The molecular formula is C27H36N2O5S. The number of aliphatic hydroxyl groups is 1. The maximum atomic E-state index is 12.3. The molecule has 0 aromatic heterocycles. The van der Waals surface area contributed by atoms with Crippen molar-refractivity contribution in [3.8, 4) is 0 Å². The SMILES string of the molecule is COCC(c1cccc(C2(OC)C3CCC2CN(CC2(O)Cc4ccccc4C2)C3)c1)S(N)(=O)=O. The number of benzene rings is 2. The van der Waals surface area contributed by atoms with Gasteiger partial charge in [0.1, 0.15) is 10.9 Å². The van der Waals surface area contributed by atoms with Crippen molar-refractivity contribution in [1.82, 2.24) is 4.90 Å². The van der Waals surface area contributed by atoms with Gasteiger partial charge in [-0.1, -0.05) is 48.5 Å². The number of piperidine rings is 1. The van der Waals surface area contributed by atoms with Crippen LogP contribution in [0.4, 0.5) is 0 Å². The molecule has 0 radical (unpaired) electrons. The zero-order valence-electron chi connectivity index (χ0n) is 20.5. The Balaban J connectivity index is 1.38. The third-order valence-electron chi connectivity index (χ3n) is 8.47. The molecule has 1 heterocycles. The molecule has 2 aliphatic carbocycles. The monoisotopic (exact) mass is 500 g/mol. The maximum Gasteiger partial charge on any atom is 0.218 e.